The highest BCUT2D eigenvalue weighted by Gasteiger charge is 1.96. The van der Waals surface area contributed by atoms with E-state index < -0.39 is 0 Å². The molecule has 0 aromatic heterocycles. The van der Waals surface area contributed by atoms with E-state index in [-0.39, 0.29) is 0 Å². The molecule has 0 bridgehead atoms. The van der Waals surface area contributed by atoms with Gasteiger partial charge in [0, 0.05) is 0 Å². The third-order valence-electron chi connectivity index (χ3n) is 1.72. The van der Waals surface area contributed by atoms with Gasteiger partial charge < -0.3 is 5.73 Å². The molecule has 0 aliphatic carbocycles. The first-order valence-electron chi connectivity index (χ1n) is 4.20. The molecule has 0 spiro atoms. The fourth-order valence-corrected chi connectivity index (χ4v) is 1.20. The molecule has 0 aliphatic heterocycles. The molecule has 0 fully saturated rings. The van der Waals surface area contributed by atoms with E-state index in [9.17, 15) is 0 Å². The van der Waals surface area contributed by atoms with E-state index >= 15 is 0 Å². The summed E-state index contributed by atoms with van der Waals surface area (Å²) in [6.07, 6.45) is 3.54. The third kappa shape index (κ3) is 2.09. The zero-order valence-electron chi connectivity index (χ0n) is 7.33. The van der Waals surface area contributed by atoms with Crippen molar-refractivity contribution in [2.24, 2.45) is 10.7 Å². The van der Waals surface area contributed by atoms with Crippen LogP contribution >= 0.6 is 0 Å². The predicted octanol–water partition coefficient (Wildman–Crippen LogP) is 2.26. The average molecular weight is 162 g/mol. The minimum absolute atomic E-state index is 0.988. The van der Waals surface area contributed by atoms with Gasteiger partial charge >= 0.3 is 0 Å². The van der Waals surface area contributed by atoms with Crippen LogP contribution in [0.15, 0.2) is 29.3 Å². The Bertz CT molecular complexity index is 266. The molecule has 1 aromatic carbocycles. The maximum Gasteiger partial charge on any atom is 0.0860 e. The molecule has 1 aromatic rings. The van der Waals surface area contributed by atoms with Crippen molar-refractivity contribution in [1.82, 2.24) is 0 Å². The molecule has 2 nitrogen and oxygen atoms in total. The number of hydrogen-bond donors (Lipinski definition) is 1. The van der Waals surface area contributed by atoms with Crippen molar-refractivity contribution in [2.75, 3.05) is 0 Å². The Balaban J connectivity index is 2.91. The number of nitrogens with zero attached hydrogens (tertiary/aromatic N) is 1. The molecule has 0 radical (unpaired) electrons. The van der Waals surface area contributed by atoms with Crippen molar-refractivity contribution < 1.29 is 0 Å². The van der Waals surface area contributed by atoms with Gasteiger partial charge in [0.2, 0.25) is 0 Å². The van der Waals surface area contributed by atoms with E-state index in [1.165, 1.54) is 11.9 Å². The SMILES string of the molecule is CCCc1ccccc1N=CN. The van der Waals surface area contributed by atoms with Gasteiger partial charge in [-0.1, -0.05) is 31.5 Å². The van der Waals surface area contributed by atoms with Crippen LogP contribution in [0.1, 0.15) is 18.9 Å². The highest BCUT2D eigenvalue weighted by molar-refractivity contribution is 5.61. The van der Waals surface area contributed by atoms with Crippen LogP contribution < -0.4 is 5.73 Å². The predicted molar refractivity (Wildman–Crippen MR) is 52.8 cm³/mol. The van der Waals surface area contributed by atoms with Gasteiger partial charge in [-0.2, -0.15) is 0 Å². The van der Waals surface area contributed by atoms with Gasteiger partial charge in [0.25, 0.3) is 0 Å². The molecule has 0 aliphatic rings. The zero-order valence-corrected chi connectivity index (χ0v) is 7.33. The first-order valence-corrected chi connectivity index (χ1v) is 4.20. The minimum atomic E-state index is 0.988. The number of para-hydroxylation sites is 1. The lowest BCUT2D eigenvalue weighted by atomic mass is 10.1. The highest BCUT2D eigenvalue weighted by Crippen LogP contribution is 2.18. The molecule has 0 saturated heterocycles. The Morgan fingerprint density at radius 1 is 1.42 bits per heavy atom. The maximum absolute atomic E-state index is 5.23. The molecular weight excluding hydrogens is 148 g/mol. The number of hydrogen-bond acceptors (Lipinski definition) is 1. The Kier molecular flexibility index (Phi) is 3.33. The van der Waals surface area contributed by atoms with Gasteiger partial charge in [-0.3, -0.25) is 0 Å². The first-order chi connectivity index (χ1) is 5.88. The molecule has 0 unspecified atom stereocenters. The monoisotopic (exact) mass is 162 g/mol. The van der Waals surface area contributed by atoms with Crippen molar-refractivity contribution >= 4 is 12.0 Å². The molecule has 0 heterocycles. The van der Waals surface area contributed by atoms with E-state index in [4.69, 9.17) is 5.73 Å². The number of rotatable bonds is 3. The third-order valence-corrected chi connectivity index (χ3v) is 1.72. The largest absolute Gasteiger partial charge is 0.390 e. The Labute approximate surface area is 73.1 Å². The Morgan fingerprint density at radius 2 is 2.17 bits per heavy atom. The molecule has 0 atom stereocenters. The van der Waals surface area contributed by atoms with Crippen molar-refractivity contribution in [3.63, 3.8) is 0 Å². The van der Waals surface area contributed by atoms with Crippen LogP contribution in [-0.4, -0.2) is 6.34 Å². The zero-order chi connectivity index (χ0) is 8.81. The number of nitrogens with two attached hydrogens (primary N) is 1. The fourth-order valence-electron chi connectivity index (χ4n) is 1.20. The van der Waals surface area contributed by atoms with Gasteiger partial charge in [0.05, 0.1) is 12.0 Å². The van der Waals surface area contributed by atoms with Crippen LogP contribution in [0.25, 0.3) is 0 Å². The highest BCUT2D eigenvalue weighted by atomic mass is 14.8. The lowest BCUT2D eigenvalue weighted by molar-refractivity contribution is 0.922. The van der Waals surface area contributed by atoms with Gasteiger partial charge in [-0.25, -0.2) is 4.99 Å². The topological polar surface area (TPSA) is 38.4 Å². The summed E-state index contributed by atoms with van der Waals surface area (Å²) in [5.41, 5.74) is 7.49. The maximum atomic E-state index is 5.23. The summed E-state index contributed by atoms with van der Waals surface area (Å²) >= 11 is 0. The molecular formula is C10H14N2. The van der Waals surface area contributed by atoms with Gasteiger partial charge in [-0.15, -0.1) is 0 Å². The van der Waals surface area contributed by atoms with Crippen molar-refractivity contribution in [1.29, 1.82) is 0 Å². The quantitative estimate of drug-likeness (QED) is 0.537. The second-order valence-corrected chi connectivity index (χ2v) is 2.66. The molecule has 0 saturated carbocycles. The van der Waals surface area contributed by atoms with Crippen LogP contribution in [0.2, 0.25) is 0 Å². The molecule has 2 N–H and O–H groups in total. The molecule has 12 heavy (non-hydrogen) atoms. The second kappa shape index (κ2) is 4.54. The Morgan fingerprint density at radius 3 is 2.83 bits per heavy atom. The van der Waals surface area contributed by atoms with E-state index in [2.05, 4.69) is 18.0 Å². The summed E-state index contributed by atoms with van der Waals surface area (Å²) in [7, 11) is 0. The van der Waals surface area contributed by atoms with Crippen molar-refractivity contribution in [3.05, 3.63) is 29.8 Å². The molecule has 1 rings (SSSR count). The minimum Gasteiger partial charge on any atom is -0.390 e. The second-order valence-electron chi connectivity index (χ2n) is 2.66. The van der Waals surface area contributed by atoms with Crippen molar-refractivity contribution in [2.45, 2.75) is 19.8 Å². The first kappa shape index (κ1) is 8.78. The summed E-state index contributed by atoms with van der Waals surface area (Å²) in [6.45, 7) is 2.16. The average Bonchev–Trinajstić information content (AvgIpc) is 2.09. The van der Waals surface area contributed by atoms with Gasteiger partial charge in [-0.05, 0) is 18.1 Å². The number of aryl methyl sites for hydroxylation is 1. The van der Waals surface area contributed by atoms with Crippen LogP contribution in [0.5, 0.6) is 0 Å². The number of benzene rings is 1. The summed E-state index contributed by atoms with van der Waals surface area (Å²) < 4.78 is 0. The van der Waals surface area contributed by atoms with Gasteiger partial charge in [0.15, 0.2) is 0 Å². The van der Waals surface area contributed by atoms with E-state index in [1.807, 2.05) is 18.2 Å². The molecule has 0 amide bonds. The van der Waals surface area contributed by atoms with Crippen LogP contribution in [-0.2, 0) is 6.42 Å². The van der Waals surface area contributed by atoms with E-state index in [0.29, 0.717) is 0 Å². The van der Waals surface area contributed by atoms with Gasteiger partial charge in [0.1, 0.15) is 0 Å². The summed E-state index contributed by atoms with van der Waals surface area (Å²) in [5, 5.41) is 0. The Hall–Kier alpha value is -1.31. The van der Waals surface area contributed by atoms with Crippen LogP contribution in [0.4, 0.5) is 5.69 Å². The summed E-state index contributed by atoms with van der Waals surface area (Å²) in [5.74, 6) is 0. The summed E-state index contributed by atoms with van der Waals surface area (Å²) in [6, 6.07) is 8.07. The lowest BCUT2D eigenvalue weighted by Gasteiger charge is -2.01. The standard InChI is InChI=1S/C10H14N2/c1-2-5-9-6-3-4-7-10(9)12-8-11/h3-4,6-8H,2,5H2,1H3,(H2,11,12). The molecule has 2 heteroatoms. The molecule has 64 valence electrons. The van der Waals surface area contributed by atoms with E-state index in [1.54, 1.807) is 0 Å². The fraction of sp³-hybridized carbons (Fsp3) is 0.300. The number of aliphatic imine (C=N–C) groups is 1. The van der Waals surface area contributed by atoms with E-state index in [0.717, 1.165) is 18.5 Å². The summed E-state index contributed by atoms with van der Waals surface area (Å²) in [4.78, 5) is 4.08. The van der Waals surface area contributed by atoms with Crippen molar-refractivity contribution in [3.8, 4) is 0 Å². The lowest BCUT2D eigenvalue weighted by Crippen LogP contribution is -1.89. The smallest absolute Gasteiger partial charge is 0.0860 e. The van der Waals surface area contributed by atoms with Crippen LogP contribution in [0.3, 0.4) is 0 Å². The normalized spacial score (nSPS) is 10.8. The van der Waals surface area contributed by atoms with Crippen LogP contribution in [0, 0.1) is 0 Å².